The lowest BCUT2D eigenvalue weighted by molar-refractivity contribution is 0.357. The number of nitrogens with two attached hydrogens (primary N) is 1. The number of rotatable bonds is 3. The van der Waals surface area contributed by atoms with Crippen LogP contribution in [0.3, 0.4) is 0 Å². The zero-order chi connectivity index (χ0) is 13.2. The van der Waals surface area contributed by atoms with Gasteiger partial charge in [-0.1, -0.05) is 42.0 Å². The van der Waals surface area contributed by atoms with Gasteiger partial charge < -0.3 is 4.74 Å². The molecule has 0 saturated heterocycles. The van der Waals surface area contributed by atoms with E-state index < -0.39 is 0 Å². The fourth-order valence-corrected chi connectivity index (χ4v) is 2.53. The molecule has 1 atom stereocenters. The number of nitrogens with one attached hydrogen (secondary N) is 1. The van der Waals surface area contributed by atoms with Gasteiger partial charge in [0.05, 0.1) is 12.6 Å². The van der Waals surface area contributed by atoms with Gasteiger partial charge in [0.15, 0.2) is 0 Å². The summed E-state index contributed by atoms with van der Waals surface area (Å²) in [6.07, 6.45) is 0.981. The average molecular weight is 254 g/mol. The van der Waals surface area contributed by atoms with Gasteiger partial charge in [-0.2, -0.15) is 0 Å². The molecule has 0 bridgehead atoms. The Morgan fingerprint density at radius 2 is 1.84 bits per heavy atom. The molecule has 0 radical (unpaired) electrons. The molecule has 0 aliphatic carbocycles. The first-order valence-electron chi connectivity index (χ1n) is 6.56. The minimum absolute atomic E-state index is 0.0199. The van der Waals surface area contributed by atoms with Gasteiger partial charge in [0.1, 0.15) is 5.75 Å². The lowest BCUT2D eigenvalue weighted by atomic mass is 9.96. The van der Waals surface area contributed by atoms with E-state index in [0.717, 1.165) is 18.8 Å². The fourth-order valence-electron chi connectivity index (χ4n) is 2.53. The van der Waals surface area contributed by atoms with Gasteiger partial charge in [-0.05, 0) is 29.7 Å². The maximum atomic E-state index is 5.74. The molecule has 1 aliphatic heterocycles. The van der Waals surface area contributed by atoms with Crippen LogP contribution >= 0.6 is 0 Å². The van der Waals surface area contributed by atoms with Crippen molar-refractivity contribution in [1.82, 2.24) is 5.43 Å². The fraction of sp³-hybridized carbons (Fsp3) is 0.250. The second-order valence-electron chi connectivity index (χ2n) is 4.98. The van der Waals surface area contributed by atoms with Crippen LogP contribution in [0.5, 0.6) is 5.75 Å². The Morgan fingerprint density at radius 3 is 2.58 bits per heavy atom. The molecule has 1 unspecified atom stereocenters. The molecule has 2 aromatic carbocycles. The van der Waals surface area contributed by atoms with Gasteiger partial charge in [0.2, 0.25) is 0 Å². The van der Waals surface area contributed by atoms with E-state index in [4.69, 9.17) is 10.6 Å². The van der Waals surface area contributed by atoms with Crippen LogP contribution in [0.25, 0.3) is 0 Å². The molecule has 1 heterocycles. The quantitative estimate of drug-likeness (QED) is 0.653. The van der Waals surface area contributed by atoms with E-state index in [1.165, 1.54) is 22.3 Å². The minimum Gasteiger partial charge on any atom is -0.493 e. The molecule has 3 rings (SSSR count). The van der Waals surface area contributed by atoms with Crippen LogP contribution in [0, 0.1) is 6.92 Å². The van der Waals surface area contributed by atoms with Crippen LogP contribution in [-0.4, -0.2) is 6.61 Å². The summed E-state index contributed by atoms with van der Waals surface area (Å²) in [7, 11) is 0. The highest BCUT2D eigenvalue weighted by molar-refractivity contribution is 5.43. The normalized spacial score (nSPS) is 14.8. The lowest BCUT2D eigenvalue weighted by Crippen LogP contribution is -2.28. The summed E-state index contributed by atoms with van der Waals surface area (Å²) in [6, 6.07) is 14.8. The van der Waals surface area contributed by atoms with Crippen LogP contribution < -0.4 is 16.0 Å². The van der Waals surface area contributed by atoms with E-state index in [2.05, 4.69) is 48.7 Å². The Morgan fingerprint density at radius 1 is 1.11 bits per heavy atom. The van der Waals surface area contributed by atoms with Crippen LogP contribution in [0.15, 0.2) is 42.5 Å². The number of hydrogen-bond acceptors (Lipinski definition) is 3. The molecule has 0 saturated carbocycles. The zero-order valence-corrected chi connectivity index (χ0v) is 11.0. The van der Waals surface area contributed by atoms with Gasteiger partial charge in [-0.3, -0.25) is 5.84 Å². The van der Waals surface area contributed by atoms with E-state index in [9.17, 15) is 0 Å². The molecule has 3 heteroatoms. The molecule has 3 nitrogen and oxygen atoms in total. The highest BCUT2D eigenvalue weighted by Crippen LogP contribution is 2.30. The van der Waals surface area contributed by atoms with Crippen molar-refractivity contribution in [2.24, 2.45) is 5.84 Å². The third kappa shape index (κ3) is 2.35. The van der Waals surface area contributed by atoms with Crippen molar-refractivity contribution in [1.29, 1.82) is 0 Å². The molecule has 0 amide bonds. The predicted molar refractivity (Wildman–Crippen MR) is 76.0 cm³/mol. The van der Waals surface area contributed by atoms with Crippen molar-refractivity contribution < 1.29 is 4.74 Å². The smallest absolute Gasteiger partial charge is 0.122 e. The van der Waals surface area contributed by atoms with E-state index in [0.29, 0.717) is 0 Å². The van der Waals surface area contributed by atoms with Crippen molar-refractivity contribution in [3.8, 4) is 5.75 Å². The molecule has 3 N–H and O–H groups in total. The molecule has 2 aromatic rings. The molecule has 0 fully saturated rings. The van der Waals surface area contributed by atoms with Crippen molar-refractivity contribution in [2.45, 2.75) is 19.4 Å². The summed E-state index contributed by atoms with van der Waals surface area (Å²) < 4.78 is 5.54. The third-order valence-corrected chi connectivity index (χ3v) is 3.62. The van der Waals surface area contributed by atoms with Crippen LogP contribution in [0.2, 0.25) is 0 Å². The van der Waals surface area contributed by atoms with Crippen LogP contribution in [0.4, 0.5) is 0 Å². The first kappa shape index (κ1) is 12.2. The number of aryl methyl sites for hydroxylation is 1. The highest BCUT2D eigenvalue weighted by Gasteiger charge is 2.17. The predicted octanol–water partition coefficient (Wildman–Crippen LogP) is 2.48. The number of hydrazine groups is 1. The number of fused-ring (bicyclic) bond motifs is 1. The molecule has 19 heavy (non-hydrogen) atoms. The van der Waals surface area contributed by atoms with Crippen molar-refractivity contribution >= 4 is 0 Å². The zero-order valence-electron chi connectivity index (χ0n) is 11.0. The van der Waals surface area contributed by atoms with Gasteiger partial charge in [-0.25, -0.2) is 5.43 Å². The van der Waals surface area contributed by atoms with Gasteiger partial charge >= 0.3 is 0 Å². The van der Waals surface area contributed by atoms with E-state index in [1.807, 2.05) is 6.07 Å². The summed E-state index contributed by atoms with van der Waals surface area (Å²) in [5.41, 5.74) is 7.77. The van der Waals surface area contributed by atoms with E-state index >= 15 is 0 Å². The second kappa shape index (κ2) is 5.03. The van der Waals surface area contributed by atoms with E-state index in [-0.39, 0.29) is 6.04 Å². The van der Waals surface area contributed by atoms with Gasteiger partial charge in [-0.15, -0.1) is 0 Å². The van der Waals surface area contributed by atoms with Crippen LogP contribution in [-0.2, 0) is 6.42 Å². The minimum atomic E-state index is 0.0199. The Labute approximate surface area is 113 Å². The maximum absolute atomic E-state index is 5.74. The van der Waals surface area contributed by atoms with Gasteiger partial charge in [0.25, 0.3) is 0 Å². The maximum Gasteiger partial charge on any atom is 0.122 e. The molecular weight excluding hydrogens is 236 g/mol. The molecule has 0 spiro atoms. The Bertz CT molecular complexity index is 578. The summed E-state index contributed by atoms with van der Waals surface area (Å²) in [6.45, 7) is 2.87. The van der Waals surface area contributed by atoms with Crippen molar-refractivity contribution in [3.63, 3.8) is 0 Å². The Balaban J connectivity index is 1.96. The molecule has 1 aliphatic rings. The second-order valence-corrected chi connectivity index (χ2v) is 4.98. The number of ether oxygens (including phenoxy) is 1. The monoisotopic (exact) mass is 254 g/mol. The third-order valence-electron chi connectivity index (χ3n) is 3.62. The van der Waals surface area contributed by atoms with Crippen molar-refractivity contribution in [2.75, 3.05) is 6.61 Å². The summed E-state index contributed by atoms with van der Waals surface area (Å²) in [5, 5.41) is 0. The number of benzene rings is 2. The first-order chi connectivity index (χ1) is 9.28. The van der Waals surface area contributed by atoms with Crippen molar-refractivity contribution in [3.05, 3.63) is 64.7 Å². The summed E-state index contributed by atoms with van der Waals surface area (Å²) >= 11 is 0. The molecular formula is C16H18N2O. The SMILES string of the molecule is Cc1ccc(C(NN)c2ccc3c(c2)CCO3)cc1. The lowest BCUT2D eigenvalue weighted by Gasteiger charge is -2.18. The van der Waals surface area contributed by atoms with E-state index in [1.54, 1.807) is 0 Å². The number of hydrogen-bond donors (Lipinski definition) is 2. The molecule has 98 valence electrons. The van der Waals surface area contributed by atoms with Gasteiger partial charge in [0, 0.05) is 6.42 Å². The Kier molecular flexibility index (Phi) is 3.23. The first-order valence-corrected chi connectivity index (χ1v) is 6.56. The Hall–Kier alpha value is -1.84. The van der Waals surface area contributed by atoms with Crippen LogP contribution in [0.1, 0.15) is 28.3 Å². The summed E-state index contributed by atoms with van der Waals surface area (Å²) in [5.74, 6) is 6.74. The standard InChI is InChI=1S/C16H18N2O/c1-11-2-4-12(5-3-11)16(18-17)14-6-7-15-13(10-14)8-9-19-15/h2-7,10,16,18H,8-9,17H2,1H3. The summed E-state index contributed by atoms with van der Waals surface area (Å²) in [4.78, 5) is 0. The average Bonchev–Trinajstić information content (AvgIpc) is 2.89. The molecule has 0 aromatic heterocycles. The highest BCUT2D eigenvalue weighted by atomic mass is 16.5. The topological polar surface area (TPSA) is 47.3 Å². The largest absolute Gasteiger partial charge is 0.493 e.